The second-order valence-corrected chi connectivity index (χ2v) is 5.95. The maximum Gasteiger partial charge on any atom is 0.420 e. The number of halogens is 3. The van der Waals surface area contributed by atoms with Gasteiger partial charge in [0.2, 0.25) is 0 Å². The molecule has 1 N–H and O–H groups in total. The van der Waals surface area contributed by atoms with Gasteiger partial charge in [0.1, 0.15) is 17.2 Å². The molecule has 140 valence electrons. The lowest BCUT2D eigenvalue weighted by atomic mass is 10.1. The number of hydrogen-bond acceptors (Lipinski definition) is 4. The SMILES string of the molecule is CC=C(C)c1cccc(N(C)c2cccc(-c3[nH]ncc3C(F)(F)F)n2)n1. The van der Waals surface area contributed by atoms with Crippen LogP contribution in [0, 0.1) is 0 Å². The minimum Gasteiger partial charge on any atom is -0.314 e. The summed E-state index contributed by atoms with van der Waals surface area (Å²) in [5.41, 5.74) is 0.998. The molecule has 3 aromatic heterocycles. The summed E-state index contributed by atoms with van der Waals surface area (Å²) in [4.78, 5) is 10.7. The van der Waals surface area contributed by atoms with Crippen LogP contribution in [-0.4, -0.2) is 27.2 Å². The Labute approximate surface area is 154 Å². The smallest absolute Gasteiger partial charge is 0.314 e. The molecular formula is C19H18F3N5. The zero-order valence-corrected chi connectivity index (χ0v) is 15.0. The number of aromatic nitrogens is 4. The Morgan fingerprint density at radius 1 is 1.07 bits per heavy atom. The molecule has 3 aromatic rings. The molecule has 27 heavy (non-hydrogen) atoms. The standard InChI is InChI=1S/C19H18F3N5/c1-4-12(2)14-7-5-9-16(24-14)27(3)17-10-6-8-15(25-17)18-13(11-23-26-18)19(20,21)22/h4-11H,1-3H3,(H,23,26). The van der Waals surface area contributed by atoms with Crippen LogP contribution in [0.1, 0.15) is 25.1 Å². The highest BCUT2D eigenvalue weighted by Crippen LogP contribution is 2.35. The largest absolute Gasteiger partial charge is 0.420 e. The predicted octanol–water partition coefficient (Wildman–Crippen LogP) is 5.08. The van der Waals surface area contributed by atoms with Crippen LogP contribution in [0.5, 0.6) is 0 Å². The maximum atomic E-state index is 13.1. The van der Waals surface area contributed by atoms with Crippen molar-refractivity contribution in [2.45, 2.75) is 20.0 Å². The van der Waals surface area contributed by atoms with Gasteiger partial charge >= 0.3 is 6.18 Å². The molecule has 0 spiro atoms. The summed E-state index contributed by atoms with van der Waals surface area (Å²) in [6, 6.07) is 10.5. The number of aromatic amines is 1. The molecule has 0 amide bonds. The van der Waals surface area contributed by atoms with Crippen molar-refractivity contribution in [1.29, 1.82) is 0 Å². The van der Waals surface area contributed by atoms with E-state index in [0.717, 1.165) is 17.5 Å². The van der Waals surface area contributed by atoms with Gasteiger partial charge in [0.15, 0.2) is 0 Å². The van der Waals surface area contributed by atoms with E-state index in [1.165, 1.54) is 6.07 Å². The lowest BCUT2D eigenvalue weighted by Crippen LogP contribution is -2.14. The molecule has 5 nitrogen and oxygen atoms in total. The van der Waals surface area contributed by atoms with E-state index in [-0.39, 0.29) is 11.4 Å². The van der Waals surface area contributed by atoms with Crippen LogP contribution in [0.2, 0.25) is 0 Å². The van der Waals surface area contributed by atoms with Gasteiger partial charge in [0.05, 0.1) is 23.3 Å². The second-order valence-electron chi connectivity index (χ2n) is 5.95. The van der Waals surface area contributed by atoms with Gasteiger partial charge in [-0.3, -0.25) is 5.10 Å². The van der Waals surface area contributed by atoms with E-state index < -0.39 is 11.7 Å². The summed E-state index contributed by atoms with van der Waals surface area (Å²) in [5, 5.41) is 5.91. The lowest BCUT2D eigenvalue weighted by molar-refractivity contribution is -0.137. The highest BCUT2D eigenvalue weighted by molar-refractivity contribution is 5.66. The minimum atomic E-state index is -4.51. The molecule has 0 unspecified atom stereocenters. The first-order valence-corrected chi connectivity index (χ1v) is 8.23. The van der Waals surface area contributed by atoms with Crippen molar-refractivity contribution in [3.8, 4) is 11.4 Å². The van der Waals surface area contributed by atoms with Crippen molar-refractivity contribution in [2.24, 2.45) is 0 Å². The summed E-state index contributed by atoms with van der Waals surface area (Å²) < 4.78 is 39.4. The van der Waals surface area contributed by atoms with Crippen LogP contribution in [0.25, 0.3) is 17.0 Å². The monoisotopic (exact) mass is 373 g/mol. The van der Waals surface area contributed by atoms with E-state index >= 15 is 0 Å². The highest BCUT2D eigenvalue weighted by atomic mass is 19.4. The van der Waals surface area contributed by atoms with Crippen molar-refractivity contribution in [3.63, 3.8) is 0 Å². The first kappa shape index (κ1) is 18.6. The summed E-state index contributed by atoms with van der Waals surface area (Å²) in [6.45, 7) is 3.89. The normalized spacial score (nSPS) is 12.3. The molecule has 0 radical (unpaired) electrons. The molecule has 3 rings (SSSR count). The lowest BCUT2D eigenvalue weighted by Gasteiger charge is -2.19. The van der Waals surface area contributed by atoms with E-state index in [2.05, 4.69) is 20.2 Å². The first-order valence-electron chi connectivity index (χ1n) is 8.23. The molecular weight excluding hydrogens is 355 g/mol. The fraction of sp³-hybridized carbons (Fsp3) is 0.211. The number of rotatable bonds is 4. The van der Waals surface area contributed by atoms with Gasteiger partial charge < -0.3 is 4.90 Å². The molecule has 0 saturated heterocycles. The molecule has 0 aliphatic heterocycles. The first-order chi connectivity index (χ1) is 12.8. The van der Waals surface area contributed by atoms with Gasteiger partial charge in [0.25, 0.3) is 0 Å². The van der Waals surface area contributed by atoms with Crippen LogP contribution < -0.4 is 4.90 Å². The Bertz CT molecular complexity index is 975. The number of H-pyrrole nitrogens is 1. The van der Waals surface area contributed by atoms with Gasteiger partial charge in [-0.1, -0.05) is 18.2 Å². The van der Waals surface area contributed by atoms with Crippen LogP contribution in [0.4, 0.5) is 24.8 Å². The molecule has 0 aliphatic carbocycles. The maximum absolute atomic E-state index is 13.1. The summed E-state index contributed by atoms with van der Waals surface area (Å²) >= 11 is 0. The van der Waals surface area contributed by atoms with Crippen LogP contribution in [0.3, 0.4) is 0 Å². The third-order valence-electron chi connectivity index (χ3n) is 4.19. The van der Waals surface area contributed by atoms with Crippen LogP contribution in [-0.2, 0) is 6.18 Å². The van der Waals surface area contributed by atoms with E-state index in [4.69, 9.17) is 0 Å². The molecule has 0 aromatic carbocycles. The second kappa shape index (κ2) is 7.22. The Morgan fingerprint density at radius 2 is 1.74 bits per heavy atom. The number of pyridine rings is 2. The average Bonchev–Trinajstić information content (AvgIpc) is 3.17. The fourth-order valence-corrected chi connectivity index (χ4v) is 2.54. The molecule has 0 bridgehead atoms. The number of nitrogens with zero attached hydrogens (tertiary/aromatic N) is 4. The van der Waals surface area contributed by atoms with E-state index in [1.54, 1.807) is 24.1 Å². The Balaban J connectivity index is 1.98. The van der Waals surface area contributed by atoms with E-state index in [9.17, 15) is 13.2 Å². The number of hydrogen-bond donors (Lipinski definition) is 1. The Hall–Kier alpha value is -3.16. The van der Waals surface area contributed by atoms with Gasteiger partial charge in [-0.15, -0.1) is 0 Å². The van der Waals surface area contributed by atoms with Gasteiger partial charge in [-0.2, -0.15) is 18.3 Å². The zero-order valence-electron chi connectivity index (χ0n) is 15.0. The summed E-state index contributed by atoms with van der Waals surface area (Å²) in [6.07, 6.45) is -1.79. The van der Waals surface area contributed by atoms with Crippen LogP contribution in [0.15, 0.2) is 48.7 Å². The molecule has 0 saturated carbocycles. The van der Waals surface area contributed by atoms with Crippen molar-refractivity contribution in [2.75, 3.05) is 11.9 Å². The molecule has 0 atom stereocenters. The zero-order chi connectivity index (χ0) is 19.6. The van der Waals surface area contributed by atoms with Crippen molar-refractivity contribution in [1.82, 2.24) is 20.2 Å². The van der Waals surface area contributed by atoms with Gasteiger partial charge in [-0.25, -0.2) is 9.97 Å². The van der Waals surface area contributed by atoms with E-state index in [1.807, 2.05) is 38.1 Å². The van der Waals surface area contributed by atoms with Gasteiger partial charge in [0, 0.05) is 7.05 Å². The quantitative estimate of drug-likeness (QED) is 0.693. The number of alkyl halides is 3. The molecule has 3 heterocycles. The number of allylic oxidation sites excluding steroid dienone is 2. The van der Waals surface area contributed by atoms with Crippen molar-refractivity contribution in [3.05, 3.63) is 59.9 Å². The summed E-state index contributed by atoms with van der Waals surface area (Å²) in [7, 11) is 1.76. The number of anilines is 2. The number of nitrogens with one attached hydrogen (secondary N) is 1. The van der Waals surface area contributed by atoms with Crippen molar-refractivity contribution < 1.29 is 13.2 Å². The predicted molar refractivity (Wildman–Crippen MR) is 98.4 cm³/mol. The molecule has 0 fully saturated rings. The fourth-order valence-electron chi connectivity index (χ4n) is 2.54. The minimum absolute atomic E-state index is 0.157. The summed E-state index contributed by atoms with van der Waals surface area (Å²) in [5.74, 6) is 1.11. The Morgan fingerprint density at radius 3 is 2.41 bits per heavy atom. The van der Waals surface area contributed by atoms with Crippen LogP contribution >= 0.6 is 0 Å². The van der Waals surface area contributed by atoms with Crippen molar-refractivity contribution >= 4 is 17.2 Å². The third-order valence-corrected chi connectivity index (χ3v) is 4.19. The molecule has 8 heteroatoms. The van der Waals surface area contributed by atoms with Gasteiger partial charge in [-0.05, 0) is 43.7 Å². The Kier molecular flexibility index (Phi) is 4.98. The molecule has 0 aliphatic rings. The highest BCUT2D eigenvalue weighted by Gasteiger charge is 2.35. The van der Waals surface area contributed by atoms with E-state index in [0.29, 0.717) is 11.6 Å². The topological polar surface area (TPSA) is 57.7 Å². The average molecular weight is 373 g/mol. The third kappa shape index (κ3) is 3.84.